The Morgan fingerprint density at radius 1 is 0.345 bits per heavy atom. The van der Waals surface area contributed by atoms with Crippen molar-refractivity contribution in [1.82, 2.24) is 0 Å². The first kappa shape index (κ1) is 40.3. The molecule has 0 rings (SSSR count). The molecule has 5 heteroatoms. The van der Waals surface area contributed by atoms with E-state index in [1.165, 1.54) is 77.0 Å². The molecular weight excluding hydrogens is 414 g/mol. The fourth-order valence-electron chi connectivity index (χ4n) is 1.95. The van der Waals surface area contributed by atoms with E-state index in [9.17, 15) is 0 Å². The van der Waals surface area contributed by atoms with E-state index in [1.807, 2.05) is 0 Å². The fraction of sp³-hybridized carbons (Fsp3) is 1.00. The molecule has 0 aromatic rings. The van der Waals surface area contributed by atoms with Crippen LogP contribution in [-0.4, -0.2) is 39.3 Å². The van der Waals surface area contributed by atoms with Gasteiger partial charge in [0.1, 0.15) is 0 Å². The van der Waals surface area contributed by atoms with Gasteiger partial charge in [0, 0.05) is 0 Å². The number of hydrogen-bond donors (Lipinski definition) is 0. The van der Waals surface area contributed by atoms with Gasteiger partial charge in [0.05, 0.1) is 0 Å². The van der Waals surface area contributed by atoms with Gasteiger partial charge in [-0.25, -0.2) is 0 Å². The van der Waals surface area contributed by atoms with E-state index in [0.29, 0.717) is 0 Å². The van der Waals surface area contributed by atoms with Crippen LogP contribution in [0.3, 0.4) is 0 Å². The maximum absolute atomic E-state index is 4.35. The molecule has 0 spiro atoms. The van der Waals surface area contributed by atoms with Crippen molar-refractivity contribution in [2.75, 3.05) is 39.3 Å². The molecule has 0 aliphatic heterocycles. The molecular formula is C24H54ClN3Ti. The molecule has 0 amide bonds. The molecule has 3 nitrogen and oxygen atoms in total. The molecule has 0 N–H and O–H groups in total. The topological polar surface area (TPSA) is 42.3 Å². The van der Waals surface area contributed by atoms with Gasteiger partial charge in [-0.15, -0.1) is 39.3 Å². The van der Waals surface area contributed by atoms with E-state index in [2.05, 4.69) is 57.5 Å². The molecule has 0 saturated heterocycles. The van der Waals surface area contributed by atoms with Crippen molar-refractivity contribution in [3.8, 4) is 0 Å². The van der Waals surface area contributed by atoms with Crippen LogP contribution in [0, 0.1) is 0 Å². The zero-order valence-electron chi connectivity index (χ0n) is 20.9. The Bertz CT molecular complexity index is 159. The van der Waals surface area contributed by atoms with Crippen molar-refractivity contribution in [3.63, 3.8) is 0 Å². The van der Waals surface area contributed by atoms with Crippen molar-refractivity contribution in [2.45, 2.75) is 119 Å². The Balaban J connectivity index is -0.0000000960. The van der Waals surface area contributed by atoms with Crippen molar-refractivity contribution >= 4 is 0 Å². The van der Waals surface area contributed by atoms with Gasteiger partial charge in [0.25, 0.3) is 0 Å². The monoisotopic (exact) mass is 467 g/mol. The molecule has 0 radical (unpaired) electrons. The second-order valence-electron chi connectivity index (χ2n) is 7.13. The van der Waals surface area contributed by atoms with E-state index in [0.717, 1.165) is 39.3 Å². The van der Waals surface area contributed by atoms with Gasteiger partial charge < -0.3 is 28.4 Å². The summed E-state index contributed by atoms with van der Waals surface area (Å²) in [6.45, 7) is 19.7. The van der Waals surface area contributed by atoms with Crippen LogP contribution in [-0.2, 0) is 21.7 Å². The van der Waals surface area contributed by atoms with E-state index in [-0.39, 0.29) is 34.1 Å². The molecule has 176 valence electrons. The molecule has 0 fully saturated rings. The molecule has 29 heavy (non-hydrogen) atoms. The van der Waals surface area contributed by atoms with Crippen molar-refractivity contribution < 1.29 is 34.1 Å². The van der Waals surface area contributed by atoms with Crippen LogP contribution in [0.1, 0.15) is 119 Å². The summed E-state index contributed by atoms with van der Waals surface area (Å²) in [6.07, 6.45) is 15.2. The Kier molecular flexibility index (Phi) is 65.1. The van der Waals surface area contributed by atoms with Crippen LogP contribution in [0.25, 0.3) is 16.0 Å². The molecule has 0 saturated carbocycles. The van der Waals surface area contributed by atoms with E-state index < -0.39 is 0 Å². The molecule has 0 aromatic heterocycles. The standard InChI is InChI=1S/3C8H18N.ClH.Ti/c3*1-3-5-7-9-8-6-4-2;;/h3*3-8H2,1-2H3;1H;/q3*-1;;+4/p-1. The third kappa shape index (κ3) is 58.5. The first-order valence-electron chi connectivity index (χ1n) is 12.1. The third-order valence-electron chi connectivity index (χ3n) is 4.02. The van der Waals surface area contributed by atoms with Gasteiger partial charge in [-0.3, -0.25) is 0 Å². The number of rotatable bonds is 18. The Hall–Kier alpha value is 0.884. The largest absolute Gasteiger partial charge is 4.00 e. The Morgan fingerprint density at radius 2 is 0.483 bits per heavy atom. The Labute approximate surface area is 207 Å². The predicted molar refractivity (Wildman–Crippen MR) is 129 cm³/mol. The first-order valence-corrected chi connectivity index (χ1v) is 12.1. The summed E-state index contributed by atoms with van der Waals surface area (Å²) < 4.78 is 0. The van der Waals surface area contributed by atoms with Crippen LogP contribution in [0.5, 0.6) is 0 Å². The number of hydrogen-bond acceptors (Lipinski definition) is 0. The minimum atomic E-state index is 0. The minimum absolute atomic E-state index is 0. The van der Waals surface area contributed by atoms with Gasteiger partial charge >= 0.3 is 21.7 Å². The summed E-state index contributed by atoms with van der Waals surface area (Å²) in [5, 5.41) is 13.1. The quantitative estimate of drug-likeness (QED) is 0.178. The zero-order valence-corrected chi connectivity index (χ0v) is 23.3. The molecule has 0 heterocycles. The summed E-state index contributed by atoms with van der Waals surface area (Å²) in [5.74, 6) is 0. The second-order valence-corrected chi connectivity index (χ2v) is 7.13. The van der Waals surface area contributed by atoms with Crippen molar-refractivity contribution in [3.05, 3.63) is 16.0 Å². The molecule has 0 unspecified atom stereocenters. The van der Waals surface area contributed by atoms with Crippen molar-refractivity contribution in [1.29, 1.82) is 0 Å². The molecule has 0 aliphatic carbocycles. The molecule has 0 bridgehead atoms. The normalized spacial score (nSPS) is 9.31. The molecule has 0 aromatic carbocycles. The van der Waals surface area contributed by atoms with E-state index in [1.54, 1.807) is 0 Å². The Morgan fingerprint density at radius 3 is 0.586 bits per heavy atom. The second kappa shape index (κ2) is 46.9. The molecule has 0 aliphatic rings. The smallest absolute Gasteiger partial charge is 1.00 e. The van der Waals surface area contributed by atoms with Gasteiger partial charge in [-0.05, 0) is 0 Å². The fourth-order valence-corrected chi connectivity index (χ4v) is 1.95. The third-order valence-corrected chi connectivity index (χ3v) is 4.02. The first-order chi connectivity index (χ1) is 13.2. The van der Waals surface area contributed by atoms with Crippen LogP contribution in [0.4, 0.5) is 0 Å². The predicted octanol–water partition coefficient (Wildman–Crippen LogP) is 5.88. The van der Waals surface area contributed by atoms with Gasteiger partial charge in [-0.2, -0.15) is 0 Å². The minimum Gasteiger partial charge on any atom is -1.00 e. The van der Waals surface area contributed by atoms with Crippen molar-refractivity contribution in [2.24, 2.45) is 0 Å². The average Bonchev–Trinajstić information content (AvgIpc) is 2.69. The summed E-state index contributed by atoms with van der Waals surface area (Å²) >= 11 is 0. The summed E-state index contributed by atoms with van der Waals surface area (Å²) in [6, 6.07) is 0. The number of halogens is 1. The van der Waals surface area contributed by atoms with Crippen LogP contribution in [0.2, 0.25) is 0 Å². The summed E-state index contributed by atoms with van der Waals surface area (Å²) in [5.41, 5.74) is 0. The average molecular weight is 468 g/mol. The maximum Gasteiger partial charge on any atom is 4.00 e. The van der Waals surface area contributed by atoms with Gasteiger partial charge in [-0.1, -0.05) is 119 Å². The van der Waals surface area contributed by atoms with Gasteiger partial charge in [0.2, 0.25) is 0 Å². The SMILES string of the molecule is CCCC[N-]CCCC.CCCC[N-]CCCC.CCCC[N-]CCCC.[Cl-].[Ti+4]. The summed E-state index contributed by atoms with van der Waals surface area (Å²) in [4.78, 5) is 0. The van der Waals surface area contributed by atoms with Crippen LogP contribution in [0.15, 0.2) is 0 Å². The number of nitrogens with zero attached hydrogens (tertiary/aromatic N) is 3. The van der Waals surface area contributed by atoms with E-state index >= 15 is 0 Å². The van der Waals surface area contributed by atoms with Crippen LogP contribution >= 0.6 is 0 Å². The van der Waals surface area contributed by atoms with Gasteiger partial charge in [0.15, 0.2) is 0 Å². The number of unbranched alkanes of at least 4 members (excludes halogenated alkanes) is 6. The molecule has 0 atom stereocenters. The zero-order chi connectivity index (χ0) is 20.8. The van der Waals surface area contributed by atoms with Crippen LogP contribution < -0.4 is 12.4 Å². The maximum atomic E-state index is 4.35. The summed E-state index contributed by atoms with van der Waals surface area (Å²) in [7, 11) is 0. The van der Waals surface area contributed by atoms with E-state index in [4.69, 9.17) is 0 Å².